The maximum atomic E-state index is 14.7. The van der Waals surface area contributed by atoms with Crippen LogP contribution in [0.15, 0.2) is 30.5 Å². The summed E-state index contributed by atoms with van der Waals surface area (Å²) in [7, 11) is 4.42. The molecule has 4 heterocycles. The van der Waals surface area contributed by atoms with E-state index in [4.69, 9.17) is 0 Å². The van der Waals surface area contributed by atoms with Gasteiger partial charge in [0.15, 0.2) is 11.6 Å². The number of nitrogens with one attached hydrogen (secondary N) is 2. The van der Waals surface area contributed by atoms with Crippen LogP contribution in [-0.4, -0.2) is 77.2 Å². The zero-order valence-electron chi connectivity index (χ0n) is 24.5. The number of benzene rings is 1. The third-order valence-electron chi connectivity index (χ3n) is 9.18. The smallest absolute Gasteiger partial charge is 0.229 e. The molecule has 3 aliphatic rings. The summed E-state index contributed by atoms with van der Waals surface area (Å²) in [6.45, 7) is 18.2. The van der Waals surface area contributed by atoms with Crippen molar-refractivity contribution >= 4 is 23.1 Å². The van der Waals surface area contributed by atoms with Crippen molar-refractivity contribution in [3.8, 4) is 0 Å². The van der Waals surface area contributed by atoms with Gasteiger partial charge in [-0.1, -0.05) is 13.8 Å². The van der Waals surface area contributed by atoms with Crippen molar-refractivity contribution in [2.24, 2.45) is 10.8 Å². The number of likely N-dealkylation sites (tertiary alicyclic amines) is 2. The fourth-order valence-corrected chi connectivity index (χ4v) is 7.95. The molecule has 1 aromatic carbocycles. The standard InChI is InChI=1S/C30H46FN7/c1-27(2)13-22(14-28(3,4)37(27)8)33-25-24(31)15-32-26(35-25)34-21-9-11-23(12-10-21)38-19-29(5)16-30(6,20-38)18-36(7)17-29/h9-12,15,22H,13-14,16-20H2,1-8H3,(H2,32,33,34,35). The van der Waals surface area contributed by atoms with Crippen LogP contribution in [-0.2, 0) is 0 Å². The van der Waals surface area contributed by atoms with Crippen molar-refractivity contribution in [1.82, 2.24) is 19.8 Å². The van der Waals surface area contributed by atoms with E-state index in [2.05, 4.69) is 115 Å². The lowest BCUT2D eigenvalue weighted by molar-refractivity contribution is -0.00778. The highest BCUT2D eigenvalue weighted by Crippen LogP contribution is 2.46. The minimum absolute atomic E-state index is 0.00349. The number of hydrogen-bond donors (Lipinski definition) is 2. The first-order valence-electron chi connectivity index (χ1n) is 14.0. The van der Waals surface area contributed by atoms with Gasteiger partial charge in [0.1, 0.15) is 0 Å². The van der Waals surface area contributed by atoms with Crippen LogP contribution < -0.4 is 15.5 Å². The number of anilines is 4. The maximum Gasteiger partial charge on any atom is 0.229 e. The predicted octanol–water partition coefficient (Wildman–Crippen LogP) is 5.59. The monoisotopic (exact) mass is 523 g/mol. The molecule has 2 aromatic rings. The first kappa shape index (κ1) is 27.1. The number of nitrogens with zero attached hydrogens (tertiary/aromatic N) is 5. The van der Waals surface area contributed by atoms with Gasteiger partial charge in [0.2, 0.25) is 5.95 Å². The van der Waals surface area contributed by atoms with Gasteiger partial charge in [-0.15, -0.1) is 0 Å². The molecule has 3 aliphatic heterocycles. The first-order chi connectivity index (χ1) is 17.7. The maximum absolute atomic E-state index is 14.7. The number of fused-ring (bicyclic) bond motifs is 2. The molecular formula is C30H46FN7. The average Bonchev–Trinajstić information content (AvgIpc) is 2.78. The summed E-state index contributed by atoms with van der Waals surface area (Å²) in [4.78, 5) is 16.2. The van der Waals surface area contributed by atoms with E-state index in [1.807, 2.05) is 0 Å². The summed E-state index contributed by atoms with van der Waals surface area (Å²) in [5.74, 6) is 0.221. The van der Waals surface area contributed by atoms with E-state index in [9.17, 15) is 4.39 Å². The Morgan fingerprint density at radius 3 is 2.03 bits per heavy atom. The Hall–Kier alpha value is -2.45. The zero-order valence-corrected chi connectivity index (χ0v) is 24.5. The largest absolute Gasteiger partial charge is 0.370 e. The van der Waals surface area contributed by atoms with Crippen molar-refractivity contribution in [1.29, 1.82) is 0 Å². The van der Waals surface area contributed by atoms with Crippen molar-refractivity contribution in [3.05, 3.63) is 36.3 Å². The molecule has 0 amide bonds. The first-order valence-corrected chi connectivity index (χ1v) is 14.0. The van der Waals surface area contributed by atoms with Crippen LogP contribution in [0.4, 0.5) is 27.5 Å². The molecule has 1 aromatic heterocycles. The summed E-state index contributed by atoms with van der Waals surface area (Å²) >= 11 is 0. The van der Waals surface area contributed by atoms with E-state index in [1.54, 1.807) is 0 Å². The van der Waals surface area contributed by atoms with Crippen LogP contribution in [0.3, 0.4) is 0 Å². The molecule has 0 aliphatic carbocycles. The molecule has 3 fully saturated rings. The van der Waals surface area contributed by atoms with Gasteiger partial charge in [0.25, 0.3) is 0 Å². The van der Waals surface area contributed by atoms with Gasteiger partial charge in [-0.3, -0.25) is 4.90 Å². The third-order valence-corrected chi connectivity index (χ3v) is 9.18. The molecule has 8 heteroatoms. The van der Waals surface area contributed by atoms with Gasteiger partial charge in [-0.25, -0.2) is 9.37 Å². The highest BCUT2D eigenvalue weighted by molar-refractivity contribution is 5.60. The van der Waals surface area contributed by atoms with Gasteiger partial charge in [0.05, 0.1) is 6.20 Å². The molecule has 3 saturated heterocycles. The second-order valence-electron chi connectivity index (χ2n) is 14.3. The van der Waals surface area contributed by atoms with Crippen LogP contribution in [0.25, 0.3) is 0 Å². The van der Waals surface area contributed by atoms with Crippen molar-refractivity contribution in [2.45, 2.75) is 77.9 Å². The minimum Gasteiger partial charge on any atom is -0.370 e. The lowest BCUT2D eigenvalue weighted by Gasteiger charge is -2.56. The van der Waals surface area contributed by atoms with Gasteiger partial charge < -0.3 is 20.4 Å². The normalized spacial score (nSPS) is 29.8. The van der Waals surface area contributed by atoms with E-state index in [0.29, 0.717) is 16.8 Å². The molecule has 7 nitrogen and oxygen atoms in total. The van der Waals surface area contributed by atoms with Crippen molar-refractivity contribution in [3.63, 3.8) is 0 Å². The molecule has 2 bridgehead atoms. The Bertz CT molecular complexity index is 1130. The van der Waals surface area contributed by atoms with Crippen molar-refractivity contribution < 1.29 is 4.39 Å². The van der Waals surface area contributed by atoms with E-state index in [0.717, 1.165) is 44.7 Å². The third kappa shape index (κ3) is 5.48. The fraction of sp³-hybridized carbons (Fsp3) is 0.667. The number of piperidine rings is 3. The van der Waals surface area contributed by atoms with Crippen LogP contribution in [0.1, 0.15) is 60.8 Å². The quantitative estimate of drug-likeness (QED) is 0.530. The second kappa shape index (κ2) is 9.33. The van der Waals surface area contributed by atoms with Crippen LogP contribution >= 0.6 is 0 Å². The molecule has 208 valence electrons. The van der Waals surface area contributed by atoms with Gasteiger partial charge in [-0.05, 0) is 96.1 Å². The van der Waals surface area contributed by atoms with E-state index < -0.39 is 5.82 Å². The van der Waals surface area contributed by atoms with Crippen molar-refractivity contribution in [2.75, 3.05) is 55.8 Å². The lowest BCUT2D eigenvalue weighted by atomic mass is 9.65. The predicted molar refractivity (Wildman–Crippen MR) is 155 cm³/mol. The zero-order chi connectivity index (χ0) is 27.5. The van der Waals surface area contributed by atoms with E-state index in [-0.39, 0.29) is 22.9 Å². The number of hydrogen-bond acceptors (Lipinski definition) is 7. The molecule has 5 rings (SSSR count). The Labute approximate surface area is 228 Å². The minimum atomic E-state index is -0.427. The summed E-state index contributed by atoms with van der Waals surface area (Å²) in [6, 6.07) is 8.60. The Kier molecular flexibility index (Phi) is 6.66. The number of rotatable bonds is 5. The molecule has 2 unspecified atom stereocenters. The SMILES string of the molecule is CN1CC2(C)CN(c3ccc(Nc4ncc(F)c(NC5CC(C)(C)N(C)C(C)(C)C5)n4)cc3)CC(C)(C1)C2. The topological polar surface area (TPSA) is 59.6 Å². The molecule has 2 N–H and O–H groups in total. The highest BCUT2D eigenvalue weighted by atomic mass is 19.1. The highest BCUT2D eigenvalue weighted by Gasteiger charge is 2.47. The van der Waals surface area contributed by atoms with Crippen LogP contribution in [0.2, 0.25) is 0 Å². The Morgan fingerprint density at radius 1 is 0.868 bits per heavy atom. The number of aromatic nitrogens is 2. The summed E-state index contributed by atoms with van der Waals surface area (Å²) in [5, 5.41) is 6.66. The molecular weight excluding hydrogens is 477 g/mol. The van der Waals surface area contributed by atoms with Gasteiger partial charge >= 0.3 is 0 Å². The number of halogens is 1. The molecule has 0 radical (unpaired) electrons. The second-order valence-corrected chi connectivity index (χ2v) is 14.3. The van der Waals surface area contributed by atoms with Crippen LogP contribution in [0, 0.1) is 16.6 Å². The van der Waals surface area contributed by atoms with Gasteiger partial charge in [-0.2, -0.15) is 4.98 Å². The fourth-order valence-electron chi connectivity index (χ4n) is 7.95. The molecule has 38 heavy (non-hydrogen) atoms. The summed E-state index contributed by atoms with van der Waals surface area (Å²) in [5.41, 5.74) is 2.75. The molecule has 2 atom stereocenters. The van der Waals surface area contributed by atoms with Gasteiger partial charge in [0, 0.05) is 54.7 Å². The Balaban J connectivity index is 1.27. The average molecular weight is 524 g/mol. The molecule has 0 spiro atoms. The van der Waals surface area contributed by atoms with E-state index >= 15 is 0 Å². The molecule has 0 saturated carbocycles. The summed E-state index contributed by atoms with van der Waals surface area (Å²) < 4.78 is 14.7. The van der Waals surface area contributed by atoms with E-state index in [1.165, 1.54) is 18.3 Å². The van der Waals surface area contributed by atoms with Crippen LogP contribution in [0.5, 0.6) is 0 Å². The summed E-state index contributed by atoms with van der Waals surface area (Å²) in [6.07, 6.45) is 4.35. The Morgan fingerprint density at radius 2 is 1.45 bits per heavy atom. The lowest BCUT2D eigenvalue weighted by Crippen LogP contribution is -2.61.